The zero-order valence-corrected chi connectivity index (χ0v) is 29.6. The average molecular weight is 665 g/mol. The number of hydrogen-bond donors (Lipinski definition) is 1. The molecule has 3 aromatic rings. The molecule has 1 amide bonds. The first kappa shape index (κ1) is 33.7. The number of allylic oxidation sites excluding steroid dienone is 4. The Hall–Kier alpha value is -4.16. The highest BCUT2D eigenvalue weighted by molar-refractivity contribution is 6.32. The summed E-state index contributed by atoms with van der Waals surface area (Å²) in [5.74, 6) is -0.261. The van der Waals surface area contributed by atoms with Gasteiger partial charge in [-0.05, 0) is 84.4 Å². The van der Waals surface area contributed by atoms with E-state index in [9.17, 15) is 14.4 Å². The Morgan fingerprint density at radius 1 is 0.854 bits per heavy atom. The minimum Gasteiger partial charge on any atom is -0.482 e. The number of rotatable bonds is 8. The molecular formula is C41H45ClN2O4. The van der Waals surface area contributed by atoms with Crippen LogP contribution < -0.4 is 10.1 Å². The van der Waals surface area contributed by atoms with Crippen molar-refractivity contribution in [2.45, 2.75) is 79.6 Å². The Labute approximate surface area is 289 Å². The molecule has 0 saturated heterocycles. The maximum absolute atomic E-state index is 14.2. The lowest BCUT2D eigenvalue weighted by Gasteiger charge is -2.49. The number of carbonyl (C=O) groups excluding carboxylic acids is 3. The van der Waals surface area contributed by atoms with Crippen LogP contribution in [-0.2, 0) is 20.8 Å². The standard InChI is InChI=1S/C41H45ClN2O4/c1-25-11-10-14-30(26(25)2)43-36(47)24-48-35-16-15-28(19-29(35)42)37-38-31(20-40(3,4)22-33(38)45)44(18-17-27-12-8-7-9-13-27)32-21-41(5,6)23-34(46)39(32)37/h7-16,19,37H,17-18,20-24H2,1-6H3,(H,43,47). The van der Waals surface area contributed by atoms with Crippen LogP contribution in [0.3, 0.4) is 0 Å². The van der Waals surface area contributed by atoms with E-state index in [0.29, 0.717) is 41.3 Å². The molecule has 1 aliphatic heterocycles. The number of ketones is 2. The summed E-state index contributed by atoms with van der Waals surface area (Å²) < 4.78 is 5.87. The van der Waals surface area contributed by atoms with Gasteiger partial charge < -0.3 is 15.0 Å². The molecule has 0 radical (unpaired) electrons. The number of amides is 1. The second kappa shape index (κ2) is 13.0. The maximum Gasteiger partial charge on any atom is 0.262 e. The number of anilines is 1. The third kappa shape index (κ3) is 6.86. The van der Waals surface area contributed by atoms with Crippen LogP contribution in [0.15, 0.2) is 89.3 Å². The molecule has 0 spiro atoms. The third-order valence-electron chi connectivity index (χ3n) is 10.0. The van der Waals surface area contributed by atoms with E-state index < -0.39 is 5.92 Å². The summed E-state index contributed by atoms with van der Waals surface area (Å²) >= 11 is 6.83. The molecule has 1 heterocycles. The van der Waals surface area contributed by atoms with Crippen LogP contribution in [0.1, 0.15) is 81.5 Å². The Balaban J connectivity index is 1.35. The summed E-state index contributed by atoms with van der Waals surface area (Å²) in [4.78, 5) is 43.4. The minimum absolute atomic E-state index is 0.0831. The lowest BCUT2D eigenvalue weighted by atomic mass is 9.63. The van der Waals surface area contributed by atoms with Crippen molar-refractivity contribution in [3.63, 3.8) is 0 Å². The molecule has 48 heavy (non-hydrogen) atoms. The van der Waals surface area contributed by atoms with Gasteiger partial charge in [0, 0.05) is 53.5 Å². The van der Waals surface area contributed by atoms with Crippen LogP contribution in [0.5, 0.6) is 5.75 Å². The van der Waals surface area contributed by atoms with Gasteiger partial charge in [-0.15, -0.1) is 0 Å². The van der Waals surface area contributed by atoms with Crippen molar-refractivity contribution < 1.29 is 19.1 Å². The molecular weight excluding hydrogens is 620 g/mol. The number of benzene rings is 3. The second-order valence-corrected chi connectivity index (χ2v) is 15.6. The van der Waals surface area contributed by atoms with Crippen molar-refractivity contribution in [1.29, 1.82) is 0 Å². The molecule has 3 aliphatic rings. The predicted octanol–water partition coefficient (Wildman–Crippen LogP) is 8.90. The van der Waals surface area contributed by atoms with Gasteiger partial charge in [0.25, 0.3) is 5.91 Å². The summed E-state index contributed by atoms with van der Waals surface area (Å²) in [5, 5.41) is 3.24. The van der Waals surface area contributed by atoms with Gasteiger partial charge in [-0.1, -0.05) is 87.8 Å². The van der Waals surface area contributed by atoms with E-state index in [0.717, 1.165) is 53.0 Å². The number of Topliss-reactive ketones (excluding diaryl/α,β-unsaturated/α-hetero) is 2. The van der Waals surface area contributed by atoms with Gasteiger partial charge in [-0.2, -0.15) is 0 Å². The minimum atomic E-state index is -0.505. The van der Waals surface area contributed by atoms with E-state index in [-0.39, 0.29) is 34.9 Å². The summed E-state index contributed by atoms with van der Waals surface area (Å²) in [6.45, 7) is 13.1. The highest BCUT2D eigenvalue weighted by atomic mass is 35.5. The summed E-state index contributed by atoms with van der Waals surface area (Å²) in [6, 6.07) is 21.6. The molecule has 0 atom stereocenters. The first-order valence-electron chi connectivity index (χ1n) is 16.9. The van der Waals surface area contributed by atoms with E-state index in [1.807, 2.05) is 56.3 Å². The molecule has 6 nitrogen and oxygen atoms in total. The number of ether oxygens (including phenoxy) is 1. The molecule has 2 aliphatic carbocycles. The Bertz CT molecular complexity index is 1800. The van der Waals surface area contributed by atoms with Crippen molar-refractivity contribution in [3.8, 4) is 5.75 Å². The zero-order valence-electron chi connectivity index (χ0n) is 28.8. The molecule has 250 valence electrons. The Kier molecular flexibility index (Phi) is 9.16. The van der Waals surface area contributed by atoms with E-state index in [2.05, 4.69) is 50.0 Å². The molecule has 0 fully saturated rings. The molecule has 6 rings (SSSR count). The SMILES string of the molecule is Cc1cccc(NC(=O)COc2ccc(C3C4=C(CC(C)(C)CC4=O)N(CCc4ccccc4)C4=C3C(=O)CC(C)(C)C4)cc2Cl)c1C. The highest BCUT2D eigenvalue weighted by Gasteiger charge is 2.49. The normalized spacial score (nSPS) is 18.9. The van der Waals surface area contributed by atoms with Crippen LogP contribution in [0, 0.1) is 24.7 Å². The predicted molar refractivity (Wildman–Crippen MR) is 191 cm³/mol. The summed E-state index contributed by atoms with van der Waals surface area (Å²) in [5.41, 5.74) is 7.92. The van der Waals surface area contributed by atoms with Gasteiger partial charge in [0.2, 0.25) is 0 Å². The fourth-order valence-corrected chi connectivity index (χ4v) is 7.81. The molecule has 0 bridgehead atoms. The largest absolute Gasteiger partial charge is 0.482 e. The van der Waals surface area contributed by atoms with E-state index in [1.165, 1.54) is 5.56 Å². The van der Waals surface area contributed by atoms with Crippen molar-refractivity contribution in [3.05, 3.63) is 117 Å². The van der Waals surface area contributed by atoms with Crippen LogP contribution >= 0.6 is 11.6 Å². The van der Waals surface area contributed by atoms with Crippen LogP contribution in [0.25, 0.3) is 0 Å². The lowest BCUT2D eigenvalue weighted by Crippen LogP contribution is -2.45. The van der Waals surface area contributed by atoms with Crippen molar-refractivity contribution >= 4 is 34.8 Å². The fraction of sp³-hybridized carbons (Fsp3) is 0.390. The molecule has 1 N–H and O–H groups in total. The first-order chi connectivity index (χ1) is 22.7. The number of aryl methyl sites for hydroxylation is 1. The quantitative estimate of drug-likeness (QED) is 0.260. The maximum atomic E-state index is 14.2. The van der Waals surface area contributed by atoms with Crippen molar-refractivity contribution in [1.82, 2.24) is 4.90 Å². The number of halogens is 1. The monoisotopic (exact) mass is 664 g/mol. The van der Waals surface area contributed by atoms with E-state index >= 15 is 0 Å². The Morgan fingerprint density at radius 3 is 2.08 bits per heavy atom. The third-order valence-corrected chi connectivity index (χ3v) is 10.3. The van der Waals surface area contributed by atoms with Gasteiger partial charge in [-0.3, -0.25) is 14.4 Å². The topological polar surface area (TPSA) is 75.7 Å². The van der Waals surface area contributed by atoms with Crippen molar-refractivity contribution in [2.75, 3.05) is 18.5 Å². The van der Waals surface area contributed by atoms with Crippen molar-refractivity contribution in [2.24, 2.45) is 10.8 Å². The second-order valence-electron chi connectivity index (χ2n) is 15.2. The highest BCUT2D eigenvalue weighted by Crippen LogP contribution is 2.54. The lowest BCUT2D eigenvalue weighted by molar-refractivity contribution is -0.120. The van der Waals surface area contributed by atoms with Gasteiger partial charge >= 0.3 is 0 Å². The Morgan fingerprint density at radius 2 is 1.48 bits per heavy atom. The number of nitrogens with one attached hydrogen (secondary N) is 1. The van der Waals surface area contributed by atoms with Gasteiger partial charge in [0.15, 0.2) is 18.2 Å². The number of nitrogens with zero attached hydrogens (tertiary/aromatic N) is 1. The molecule has 0 saturated carbocycles. The summed E-state index contributed by atoms with van der Waals surface area (Å²) in [7, 11) is 0. The average Bonchev–Trinajstić information content (AvgIpc) is 3.00. The van der Waals surface area contributed by atoms with Gasteiger partial charge in [-0.25, -0.2) is 0 Å². The zero-order chi connectivity index (χ0) is 34.4. The number of carbonyl (C=O) groups is 3. The molecule has 0 aromatic heterocycles. The van der Waals surface area contributed by atoms with Gasteiger partial charge in [0.05, 0.1) is 5.02 Å². The van der Waals surface area contributed by atoms with Crippen LogP contribution in [-0.4, -0.2) is 35.5 Å². The number of hydrogen-bond acceptors (Lipinski definition) is 5. The van der Waals surface area contributed by atoms with Crippen LogP contribution in [0.4, 0.5) is 5.69 Å². The first-order valence-corrected chi connectivity index (χ1v) is 17.2. The summed E-state index contributed by atoms with van der Waals surface area (Å²) in [6.07, 6.45) is 3.13. The smallest absolute Gasteiger partial charge is 0.262 e. The van der Waals surface area contributed by atoms with E-state index in [1.54, 1.807) is 12.1 Å². The molecule has 7 heteroatoms. The van der Waals surface area contributed by atoms with Gasteiger partial charge in [0.1, 0.15) is 5.75 Å². The fourth-order valence-electron chi connectivity index (χ4n) is 7.57. The van der Waals surface area contributed by atoms with Crippen LogP contribution in [0.2, 0.25) is 5.02 Å². The van der Waals surface area contributed by atoms with E-state index in [4.69, 9.17) is 16.3 Å². The molecule has 3 aromatic carbocycles. The molecule has 0 unspecified atom stereocenters.